The van der Waals surface area contributed by atoms with Crippen LogP contribution in [-0.4, -0.2) is 51.3 Å². The normalized spacial score (nSPS) is 16.9. The van der Waals surface area contributed by atoms with Gasteiger partial charge in [-0.05, 0) is 13.0 Å². The van der Waals surface area contributed by atoms with Crippen LogP contribution < -0.4 is 0 Å². The summed E-state index contributed by atoms with van der Waals surface area (Å²) >= 11 is 6.38. The van der Waals surface area contributed by atoms with Crippen LogP contribution in [0.2, 0.25) is 5.02 Å². The molecule has 1 saturated heterocycles. The van der Waals surface area contributed by atoms with Crippen LogP contribution in [0.4, 0.5) is 0 Å². The van der Waals surface area contributed by atoms with E-state index >= 15 is 0 Å². The van der Waals surface area contributed by atoms with E-state index in [2.05, 4.69) is 21.1 Å². The average Bonchev–Trinajstić information content (AvgIpc) is 3.27. The number of pyridine rings is 1. The second kappa shape index (κ2) is 6.34. The number of hydrogen-bond donors (Lipinski definition) is 1. The Hall–Kier alpha value is -2.41. The summed E-state index contributed by atoms with van der Waals surface area (Å²) in [6.07, 6.45) is 7.05. The van der Waals surface area contributed by atoms with Crippen molar-refractivity contribution in [2.75, 3.05) is 18.8 Å². The lowest BCUT2D eigenvalue weighted by Gasteiger charge is -2.47. The molecule has 0 aliphatic carbocycles. The highest BCUT2D eigenvalue weighted by Gasteiger charge is 2.49. The van der Waals surface area contributed by atoms with Crippen LogP contribution in [0.15, 0.2) is 30.9 Å². The third kappa shape index (κ3) is 2.81. The van der Waals surface area contributed by atoms with E-state index in [4.69, 9.17) is 11.6 Å². The number of aromatic amines is 1. The Bertz CT molecular complexity index is 1150. The third-order valence-electron chi connectivity index (χ3n) is 5.01. The zero-order valence-corrected chi connectivity index (χ0v) is 16.1. The zero-order valence-electron chi connectivity index (χ0n) is 14.6. The fraction of sp³-hybridized carbons (Fsp3) is 0.353. The second-order valence-corrected chi connectivity index (χ2v) is 9.29. The summed E-state index contributed by atoms with van der Waals surface area (Å²) in [4.78, 5) is 7.31. The van der Waals surface area contributed by atoms with Gasteiger partial charge in [0.2, 0.25) is 10.0 Å². The molecule has 0 spiro atoms. The van der Waals surface area contributed by atoms with Crippen molar-refractivity contribution in [2.24, 2.45) is 0 Å². The molecule has 0 atom stereocenters. The maximum Gasteiger partial charge on any atom is 0.213 e. The Morgan fingerprint density at radius 3 is 2.89 bits per heavy atom. The molecule has 3 aromatic rings. The lowest BCUT2D eigenvalue weighted by atomic mass is 9.89. The van der Waals surface area contributed by atoms with Gasteiger partial charge in [-0.2, -0.15) is 14.7 Å². The van der Waals surface area contributed by atoms with Crippen LogP contribution in [0.1, 0.15) is 13.3 Å². The van der Waals surface area contributed by atoms with Gasteiger partial charge in [0, 0.05) is 48.2 Å². The van der Waals surface area contributed by atoms with Crippen molar-refractivity contribution in [3.05, 3.63) is 35.9 Å². The molecule has 1 fully saturated rings. The molecule has 0 amide bonds. The van der Waals surface area contributed by atoms with E-state index in [0.29, 0.717) is 5.02 Å². The number of sulfonamides is 1. The van der Waals surface area contributed by atoms with Crippen LogP contribution in [0.3, 0.4) is 0 Å². The van der Waals surface area contributed by atoms with E-state index < -0.39 is 15.6 Å². The summed E-state index contributed by atoms with van der Waals surface area (Å²) in [5, 5.41) is 15.1. The first kappa shape index (κ1) is 18.0. The predicted octanol–water partition coefficient (Wildman–Crippen LogP) is 2.35. The zero-order chi connectivity index (χ0) is 19.2. The molecule has 1 N–H and O–H groups in total. The van der Waals surface area contributed by atoms with Crippen molar-refractivity contribution >= 4 is 32.7 Å². The molecular weight excluding hydrogens is 388 g/mol. The van der Waals surface area contributed by atoms with Gasteiger partial charge in [-0.25, -0.2) is 13.4 Å². The van der Waals surface area contributed by atoms with E-state index in [9.17, 15) is 13.7 Å². The minimum Gasteiger partial charge on any atom is -0.346 e. The fourth-order valence-corrected chi connectivity index (χ4v) is 4.96. The van der Waals surface area contributed by atoms with Crippen molar-refractivity contribution in [3.8, 4) is 17.2 Å². The standard InChI is InChI=1S/C17H17ClN6O2S/c1-2-27(25,26)23-10-17(11-23,4-5-19)24-9-12(7-22-24)15-13-3-6-20-16(13)21-8-14(15)18/h3,6-9H,2,4,10-11H2,1H3,(H,20,21). The summed E-state index contributed by atoms with van der Waals surface area (Å²) < 4.78 is 27.3. The molecule has 140 valence electrons. The highest BCUT2D eigenvalue weighted by Crippen LogP contribution is 2.38. The highest BCUT2D eigenvalue weighted by atomic mass is 35.5. The lowest BCUT2D eigenvalue weighted by Crippen LogP contribution is -2.64. The molecule has 1 aliphatic rings. The summed E-state index contributed by atoms with van der Waals surface area (Å²) in [6, 6.07) is 4.06. The first-order valence-electron chi connectivity index (χ1n) is 8.42. The van der Waals surface area contributed by atoms with Gasteiger partial charge in [0.15, 0.2) is 0 Å². The number of halogens is 1. The number of aromatic nitrogens is 4. The molecule has 0 bridgehead atoms. The van der Waals surface area contributed by atoms with Gasteiger partial charge in [0.05, 0.1) is 29.5 Å². The molecular formula is C17H17ClN6O2S. The van der Waals surface area contributed by atoms with Crippen LogP contribution in [0, 0.1) is 11.3 Å². The van der Waals surface area contributed by atoms with Crippen molar-refractivity contribution in [2.45, 2.75) is 18.9 Å². The summed E-state index contributed by atoms with van der Waals surface area (Å²) in [5.41, 5.74) is 1.66. The van der Waals surface area contributed by atoms with Crippen LogP contribution in [-0.2, 0) is 15.6 Å². The molecule has 0 radical (unpaired) electrons. The van der Waals surface area contributed by atoms with Gasteiger partial charge in [0.25, 0.3) is 0 Å². The fourth-order valence-electron chi connectivity index (χ4n) is 3.46. The summed E-state index contributed by atoms with van der Waals surface area (Å²) in [6.45, 7) is 2.09. The van der Waals surface area contributed by atoms with E-state index in [1.54, 1.807) is 30.2 Å². The quantitative estimate of drug-likeness (QED) is 0.702. The molecule has 0 saturated carbocycles. The van der Waals surface area contributed by atoms with E-state index in [-0.39, 0.29) is 25.3 Å². The molecule has 8 nitrogen and oxygen atoms in total. The smallest absolute Gasteiger partial charge is 0.213 e. The lowest BCUT2D eigenvalue weighted by molar-refractivity contribution is 0.0719. The number of fused-ring (bicyclic) bond motifs is 1. The Kier molecular flexibility index (Phi) is 4.22. The minimum absolute atomic E-state index is 0.0398. The molecule has 1 aliphatic heterocycles. The van der Waals surface area contributed by atoms with Gasteiger partial charge >= 0.3 is 0 Å². The number of nitrogens with one attached hydrogen (secondary N) is 1. The Morgan fingerprint density at radius 1 is 1.41 bits per heavy atom. The molecule has 27 heavy (non-hydrogen) atoms. The van der Waals surface area contributed by atoms with E-state index in [1.165, 1.54) is 4.31 Å². The Balaban J connectivity index is 1.72. The molecule has 0 unspecified atom stereocenters. The second-order valence-electron chi connectivity index (χ2n) is 6.62. The number of rotatable bonds is 5. The summed E-state index contributed by atoms with van der Waals surface area (Å²) in [5.74, 6) is 0.0398. The predicted molar refractivity (Wildman–Crippen MR) is 102 cm³/mol. The van der Waals surface area contributed by atoms with Gasteiger partial charge in [0.1, 0.15) is 11.2 Å². The maximum absolute atomic E-state index is 12.1. The van der Waals surface area contributed by atoms with E-state index in [1.807, 2.05) is 12.3 Å². The van der Waals surface area contributed by atoms with Gasteiger partial charge in [-0.15, -0.1) is 0 Å². The number of nitriles is 1. The molecule has 3 aromatic heterocycles. The van der Waals surface area contributed by atoms with Crippen LogP contribution in [0.5, 0.6) is 0 Å². The Morgan fingerprint density at radius 2 is 2.19 bits per heavy atom. The van der Waals surface area contributed by atoms with Crippen molar-refractivity contribution in [1.82, 2.24) is 24.1 Å². The first-order valence-corrected chi connectivity index (χ1v) is 10.4. The molecule has 4 heterocycles. The Labute approximate surface area is 161 Å². The average molecular weight is 405 g/mol. The monoisotopic (exact) mass is 404 g/mol. The highest BCUT2D eigenvalue weighted by molar-refractivity contribution is 7.89. The molecule has 10 heteroatoms. The molecule has 4 rings (SSSR count). The number of H-pyrrole nitrogens is 1. The first-order chi connectivity index (χ1) is 12.9. The number of nitrogens with zero attached hydrogens (tertiary/aromatic N) is 5. The SMILES string of the molecule is CCS(=O)(=O)N1CC(CC#N)(n2cc(-c3c(Cl)cnc4[nH]ccc34)cn2)C1. The van der Waals surface area contributed by atoms with Crippen molar-refractivity contribution in [1.29, 1.82) is 5.26 Å². The third-order valence-corrected chi connectivity index (χ3v) is 7.07. The molecule has 0 aromatic carbocycles. The number of hydrogen-bond acceptors (Lipinski definition) is 5. The van der Waals surface area contributed by atoms with Crippen molar-refractivity contribution in [3.63, 3.8) is 0 Å². The largest absolute Gasteiger partial charge is 0.346 e. The summed E-state index contributed by atoms with van der Waals surface area (Å²) in [7, 11) is -3.28. The minimum atomic E-state index is -3.28. The van der Waals surface area contributed by atoms with Gasteiger partial charge < -0.3 is 4.98 Å². The maximum atomic E-state index is 12.1. The van der Waals surface area contributed by atoms with Crippen molar-refractivity contribution < 1.29 is 8.42 Å². The van der Waals surface area contributed by atoms with Gasteiger partial charge in [-0.3, -0.25) is 4.68 Å². The van der Waals surface area contributed by atoms with Crippen LogP contribution in [0.25, 0.3) is 22.2 Å². The van der Waals surface area contributed by atoms with Gasteiger partial charge in [-0.1, -0.05) is 11.6 Å². The topological polar surface area (TPSA) is 108 Å². The van der Waals surface area contributed by atoms with Crippen LogP contribution >= 0.6 is 11.6 Å². The van der Waals surface area contributed by atoms with E-state index in [0.717, 1.165) is 22.2 Å².